The van der Waals surface area contributed by atoms with Crippen LogP contribution in [-0.4, -0.2) is 44.8 Å². The lowest BCUT2D eigenvalue weighted by Crippen LogP contribution is -2.38. The fourth-order valence-electron chi connectivity index (χ4n) is 2.26. The molecule has 2 rings (SSSR count). The first-order valence-corrected chi connectivity index (χ1v) is 8.85. The molecule has 134 valence electrons. The zero-order valence-electron chi connectivity index (χ0n) is 13.8. The van der Waals surface area contributed by atoms with Crippen LogP contribution in [0.1, 0.15) is 5.56 Å². The summed E-state index contributed by atoms with van der Waals surface area (Å²) in [6, 6.07) is 9.70. The number of carbonyl (C=O) groups is 1. The number of nitrogens with zero attached hydrogens (tertiary/aromatic N) is 2. The molecular formula is C16H19N3O5S. The number of pyridine rings is 1. The summed E-state index contributed by atoms with van der Waals surface area (Å²) in [6.45, 7) is 1.57. The van der Waals surface area contributed by atoms with Gasteiger partial charge in [-0.15, -0.1) is 0 Å². The number of carboxylic acid groups (broad SMARTS) is 1. The molecule has 25 heavy (non-hydrogen) atoms. The summed E-state index contributed by atoms with van der Waals surface area (Å²) in [5.41, 5.74) is 0.913. The maximum absolute atomic E-state index is 13.1. The summed E-state index contributed by atoms with van der Waals surface area (Å²) in [5.74, 6) is 0.348. The van der Waals surface area contributed by atoms with Crippen LogP contribution < -0.4 is 14.4 Å². The van der Waals surface area contributed by atoms with Crippen LogP contribution in [0.2, 0.25) is 0 Å². The second kappa shape index (κ2) is 7.84. The predicted molar refractivity (Wildman–Crippen MR) is 92.5 cm³/mol. The molecular weight excluding hydrogens is 346 g/mol. The van der Waals surface area contributed by atoms with E-state index in [4.69, 9.17) is 9.84 Å². The summed E-state index contributed by atoms with van der Waals surface area (Å²) in [4.78, 5) is 14.8. The molecule has 1 amide bonds. The second-order valence-electron chi connectivity index (χ2n) is 5.13. The average Bonchev–Trinajstić information content (AvgIpc) is 2.59. The molecule has 0 radical (unpaired) electrons. The Morgan fingerprint density at radius 2 is 2.00 bits per heavy atom. The normalized spacial score (nSPS) is 11.0. The fraction of sp³-hybridized carbons (Fsp3) is 0.250. The van der Waals surface area contributed by atoms with Crippen LogP contribution in [0.5, 0.6) is 5.88 Å². The minimum Gasteiger partial charge on any atom is -0.481 e. The third-order valence-electron chi connectivity index (χ3n) is 3.47. The summed E-state index contributed by atoms with van der Waals surface area (Å²) in [5, 5.41) is 10.9. The summed E-state index contributed by atoms with van der Waals surface area (Å²) < 4.78 is 32.3. The smallest absolute Gasteiger partial charge is 0.404 e. The summed E-state index contributed by atoms with van der Waals surface area (Å²) in [7, 11) is -2.42. The molecule has 0 atom stereocenters. The minimum absolute atomic E-state index is 0.0630. The van der Waals surface area contributed by atoms with Gasteiger partial charge in [0.05, 0.1) is 30.4 Å². The Balaban J connectivity index is 2.42. The Morgan fingerprint density at radius 3 is 2.56 bits per heavy atom. The van der Waals surface area contributed by atoms with Gasteiger partial charge in [-0.2, -0.15) is 0 Å². The van der Waals surface area contributed by atoms with E-state index in [1.54, 1.807) is 37.3 Å². The van der Waals surface area contributed by atoms with Gasteiger partial charge in [-0.25, -0.2) is 18.2 Å². The zero-order valence-corrected chi connectivity index (χ0v) is 14.7. The third-order valence-corrected chi connectivity index (χ3v) is 5.46. The monoisotopic (exact) mass is 365 g/mol. The van der Waals surface area contributed by atoms with E-state index in [1.165, 1.54) is 19.4 Å². The van der Waals surface area contributed by atoms with E-state index in [2.05, 4.69) is 10.3 Å². The lowest BCUT2D eigenvalue weighted by Gasteiger charge is -2.25. The van der Waals surface area contributed by atoms with E-state index in [0.29, 0.717) is 17.1 Å². The quantitative estimate of drug-likeness (QED) is 0.775. The van der Waals surface area contributed by atoms with Crippen LogP contribution in [0.4, 0.5) is 10.5 Å². The minimum atomic E-state index is -3.88. The van der Waals surface area contributed by atoms with Crippen molar-refractivity contribution in [2.75, 3.05) is 24.5 Å². The number of hydrogen-bond acceptors (Lipinski definition) is 5. The van der Waals surface area contributed by atoms with Gasteiger partial charge in [0.15, 0.2) is 0 Å². The standard InChI is InChI=1S/C16H19N3O5S/c1-12-5-3-4-6-14(12)25(22,23)19(10-9-17-16(20)21)13-7-8-15(24-2)18-11-13/h3-8,11,17H,9-10H2,1-2H3,(H,20,21). The molecule has 1 heterocycles. The number of benzene rings is 1. The number of ether oxygens (including phenoxy) is 1. The molecule has 0 saturated carbocycles. The number of aryl methyl sites for hydroxylation is 1. The third kappa shape index (κ3) is 4.38. The van der Waals surface area contributed by atoms with E-state index in [-0.39, 0.29) is 18.0 Å². The highest BCUT2D eigenvalue weighted by molar-refractivity contribution is 7.92. The molecule has 1 aromatic carbocycles. The number of anilines is 1. The zero-order chi connectivity index (χ0) is 18.4. The predicted octanol–water partition coefficient (Wildman–Crippen LogP) is 1.86. The molecule has 0 aliphatic heterocycles. The highest BCUT2D eigenvalue weighted by Crippen LogP contribution is 2.25. The molecule has 0 bridgehead atoms. The van der Waals surface area contributed by atoms with Gasteiger partial charge >= 0.3 is 6.09 Å². The Morgan fingerprint density at radius 1 is 1.28 bits per heavy atom. The molecule has 0 aliphatic rings. The van der Waals surface area contributed by atoms with Crippen molar-refractivity contribution in [2.24, 2.45) is 0 Å². The van der Waals surface area contributed by atoms with Crippen LogP contribution in [0.25, 0.3) is 0 Å². The first-order chi connectivity index (χ1) is 11.9. The van der Waals surface area contributed by atoms with Crippen molar-refractivity contribution in [1.82, 2.24) is 10.3 Å². The number of amides is 1. The molecule has 9 heteroatoms. The van der Waals surface area contributed by atoms with E-state index < -0.39 is 16.1 Å². The first-order valence-electron chi connectivity index (χ1n) is 7.41. The van der Waals surface area contributed by atoms with Gasteiger partial charge in [0, 0.05) is 12.6 Å². The van der Waals surface area contributed by atoms with Crippen molar-refractivity contribution in [1.29, 1.82) is 0 Å². The van der Waals surface area contributed by atoms with Crippen molar-refractivity contribution in [2.45, 2.75) is 11.8 Å². The Kier molecular flexibility index (Phi) is 5.81. The van der Waals surface area contributed by atoms with Crippen LogP contribution in [-0.2, 0) is 10.0 Å². The van der Waals surface area contributed by atoms with E-state index in [1.807, 2.05) is 0 Å². The highest BCUT2D eigenvalue weighted by atomic mass is 32.2. The van der Waals surface area contributed by atoms with Crippen molar-refractivity contribution < 1.29 is 23.1 Å². The van der Waals surface area contributed by atoms with Crippen LogP contribution in [0.15, 0.2) is 47.5 Å². The first kappa shape index (κ1) is 18.5. The lowest BCUT2D eigenvalue weighted by molar-refractivity contribution is 0.195. The van der Waals surface area contributed by atoms with Crippen LogP contribution in [0.3, 0.4) is 0 Å². The topological polar surface area (TPSA) is 109 Å². The van der Waals surface area contributed by atoms with Crippen LogP contribution >= 0.6 is 0 Å². The van der Waals surface area contributed by atoms with Gasteiger partial charge in [0.1, 0.15) is 0 Å². The maximum atomic E-state index is 13.1. The van der Waals surface area contributed by atoms with Gasteiger partial charge in [0.25, 0.3) is 10.0 Å². The van der Waals surface area contributed by atoms with Crippen LogP contribution in [0, 0.1) is 6.92 Å². The highest BCUT2D eigenvalue weighted by Gasteiger charge is 2.26. The molecule has 1 aromatic heterocycles. The average molecular weight is 365 g/mol. The van der Waals surface area contributed by atoms with E-state index >= 15 is 0 Å². The summed E-state index contributed by atoms with van der Waals surface area (Å²) >= 11 is 0. The van der Waals surface area contributed by atoms with Gasteiger partial charge in [0.2, 0.25) is 5.88 Å². The molecule has 8 nitrogen and oxygen atoms in total. The Bertz CT molecular complexity index is 837. The van der Waals surface area contributed by atoms with Crippen molar-refractivity contribution in [3.8, 4) is 5.88 Å². The van der Waals surface area contributed by atoms with Crippen molar-refractivity contribution in [3.63, 3.8) is 0 Å². The van der Waals surface area contributed by atoms with Gasteiger partial charge in [-0.1, -0.05) is 18.2 Å². The number of rotatable bonds is 7. The Hall–Kier alpha value is -2.81. The summed E-state index contributed by atoms with van der Waals surface area (Å²) in [6.07, 6.45) is 0.149. The van der Waals surface area contributed by atoms with E-state index in [9.17, 15) is 13.2 Å². The van der Waals surface area contributed by atoms with E-state index in [0.717, 1.165) is 4.31 Å². The molecule has 2 aromatic rings. The SMILES string of the molecule is COc1ccc(N(CCNC(=O)O)S(=O)(=O)c2ccccc2C)cn1. The molecule has 2 N–H and O–H groups in total. The maximum Gasteiger partial charge on any atom is 0.404 e. The van der Waals surface area contributed by atoms with Gasteiger partial charge < -0.3 is 15.2 Å². The molecule has 0 saturated heterocycles. The second-order valence-corrected chi connectivity index (χ2v) is 6.96. The molecule has 0 spiro atoms. The molecule has 0 aliphatic carbocycles. The lowest BCUT2D eigenvalue weighted by atomic mass is 10.2. The largest absolute Gasteiger partial charge is 0.481 e. The Labute approximate surface area is 146 Å². The number of sulfonamides is 1. The van der Waals surface area contributed by atoms with Crippen molar-refractivity contribution >= 4 is 21.8 Å². The number of methoxy groups -OCH3 is 1. The molecule has 0 unspecified atom stereocenters. The number of hydrogen-bond donors (Lipinski definition) is 2. The van der Waals surface area contributed by atoms with Gasteiger partial charge in [-0.3, -0.25) is 4.31 Å². The number of aromatic nitrogens is 1. The van der Waals surface area contributed by atoms with Crippen molar-refractivity contribution in [3.05, 3.63) is 48.2 Å². The molecule has 0 fully saturated rings. The number of nitrogens with one attached hydrogen (secondary N) is 1. The fourth-order valence-corrected chi connectivity index (χ4v) is 3.94. The van der Waals surface area contributed by atoms with Gasteiger partial charge in [-0.05, 0) is 24.6 Å².